The molecule has 5 aromatic rings. The number of esters is 1. The first-order valence-electron chi connectivity index (χ1n) is 17.2. The average molecular weight is 704 g/mol. The van der Waals surface area contributed by atoms with E-state index in [9.17, 15) is 4.79 Å². The molecule has 10 heteroatoms. The molecule has 5 aromatic carbocycles. The van der Waals surface area contributed by atoms with Gasteiger partial charge in [0.05, 0.1) is 41.0 Å². The molecular weight excluding hydrogens is 674 g/mol. The second-order valence-corrected chi connectivity index (χ2v) is 13.6. The summed E-state index contributed by atoms with van der Waals surface area (Å²) in [5, 5.41) is 0. The molecule has 10 nitrogen and oxygen atoms in total. The maximum Gasteiger partial charge on any atom is 0.337 e. The van der Waals surface area contributed by atoms with Crippen molar-refractivity contribution in [2.75, 3.05) is 25.6 Å². The highest BCUT2D eigenvalue weighted by Gasteiger charge is 2.82. The standard InChI is InChI=1S/C43H29NO9/c1-49-40(47)24-12-16-29(17-13-24)44-38(45)36-37(39(44)46)43(28-10-6-3-7-11-28)35(26-15-19-31-33(21-26)53-23-51-31)34(25-14-18-30-32(20-25)52-22-50-30)42(36,41(43)48)27-8-4-2-5-9-27/h2-21,36-37H,22-23H2,1H3/t36-,37-,42+,43+/m1/s1. The van der Waals surface area contributed by atoms with Crippen LogP contribution in [0.25, 0.3) is 11.1 Å². The topological polar surface area (TPSA) is 118 Å². The maximum absolute atomic E-state index is 16.2. The summed E-state index contributed by atoms with van der Waals surface area (Å²) in [7, 11) is 1.28. The second-order valence-electron chi connectivity index (χ2n) is 13.6. The van der Waals surface area contributed by atoms with Gasteiger partial charge in [0, 0.05) is 0 Å². The van der Waals surface area contributed by atoms with Gasteiger partial charge in [0.25, 0.3) is 0 Å². The quantitative estimate of drug-likeness (QED) is 0.152. The number of anilines is 1. The third-order valence-corrected chi connectivity index (χ3v) is 11.3. The Hall–Kier alpha value is -6.68. The molecule has 0 radical (unpaired) electrons. The number of allylic oxidation sites excluding steroid dienone is 2. The summed E-state index contributed by atoms with van der Waals surface area (Å²) in [6.07, 6.45) is 0. The lowest BCUT2D eigenvalue weighted by Gasteiger charge is -2.39. The van der Waals surface area contributed by atoms with Gasteiger partial charge in [-0.15, -0.1) is 0 Å². The van der Waals surface area contributed by atoms with Crippen molar-refractivity contribution in [3.63, 3.8) is 0 Å². The SMILES string of the molecule is COC(=O)c1ccc(N2C(=O)[C@H]3[C@H](C2=O)[C@@]2(c4ccccc4)C(=O)[C@@]3(c3ccccc3)C(c3ccc4c(c3)OCO4)=C2c2ccc3c(c2)OCO3)cc1. The number of ether oxygens (including phenoxy) is 5. The zero-order valence-electron chi connectivity index (χ0n) is 28.2. The van der Waals surface area contributed by atoms with Crippen LogP contribution in [0.2, 0.25) is 0 Å². The number of methoxy groups -OCH3 is 1. The van der Waals surface area contributed by atoms with E-state index in [1.807, 2.05) is 84.9 Å². The molecule has 0 aromatic heterocycles. The summed E-state index contributed by atoms with van der Waals surface area (Å²) in [6, 6.07) is 35.7. The largest absolute Gasteiger partial charge is 0.465 e. The third-order valence-electron chi connectivity index (χ3n) is 11.3. The molecule has 4 atom stereocenters. The van der Waals surface area contributed by atoms with Crippen LogP contribution in [0.1, 0.15) is 32.6 Å². The number of imide groups is 1. The minimum Gasteiger partial charge on any atom is -0.465 e. The Morgan fingerprint density at radius 2 is 1.06 bits per heavy atom. The van der Waals surface area contributed by atoms with Crippen LogP contribution in [0.15, 0.2) is 121 Å². The van der Waals surface area contributed by atoms with Crippen LogP contribution in [0.5, 0.6) is 23.0 Å². The molecule has 3 heterocycles. The van der Waals surface area contributed by atoms with E-state index in [2.05, 4.69) is 0 Å². The number of ketones is 1. The summed E-state index contributed by atoms with van der Waals surface area (Å²) in [5.74, 6) is -1.97. The number of carbonyl (C=O) groups excluding carboxylic acids is 4. The summed E-state index contributed by atoms with van der Waals surface area (Å²) >= 11 is 0. The summed E-state index contributed by atoms with van der Waals surface area (Å²) in [4.78, 5) is 60.3. The summed E-state index contributed by atoms with van der Waals surface area (Å²) in [5.41, 5.74) is 0.964. The Balaban J connectivity index is 1.32. The van der Waals surface area contributed by atoms with Crippen molar-refractivity contribution >= 4 is 40.4 Å². The Labute approximate surface area is 303 Å². The third kappa shape index (κ3) is 3.92. The van der Waals surface area contributed by atoms with Gasteiger partial charge < -0.3 is 23.7 Å². The average Bonchev–Trinajstić information content (AvgIpc) is 4.01. The van der Waals surface area contributed by atoms with E-state index in [4.69, 9.17) is 23.7 Å². The van der Waals surface area contributed by atoms with Gasteiger partial charge in [-0.3, -0.25) is 14.4 Å². The molecule has 2 amide bonds. The van der Waals surface area contributed by atoms with E-state index in [-0.39, 0.29) is 30.6 Å². The summed E-state index contributed by atoms with van der Waals surface area (Å²) in [6.45, 7) is 0.0932. The van der Waals surface area contributed by atoms with Crippen molar-refractivity contribution in [2.24, 2.45) is 11.8 Å². The van der Waals surface area contributed by atoms with Gasteiger partial charge in [-0.2, -0.15) is 0 Å². The fraction of sp³-hybridized carbons (Fsp3) is 0.163. The number of hydrogen-bond donors (Lipinski definition) is 0. The number of rotatable bonds is 6. The Morgan fingerprint density at radius 1 is 0.604 bits per heavy atom. The number of Topliss-reactive ketones (excluding diaryl/α,β-unsaturated/α-hetero) is 1. The molecule has 2 bridgehead atoms. The number of fused-ring (bicyclic) bond motifs is 7. The molecule has 1 saturated carbocycles. The van der Waals surface area contributed by atoms with Gasteiger partial charge in [-0.05, 0) is 81.9 Å². The minimum atomic E-state index is -1.63. The smallest absolute Gasteiger partial charge is 0.337 e. The first-order valence-corrected chi connectivity index (χ1v) is 17.2. The lowest BCUT2D eigenvalue weighted by Crippen LogP contribution is -2.45. The van der Waals surface area contributed by atoms with E-state index in [1.165, 1.54) is 24.1 Å². The fourth-order valence-electron chi connectivity index (χ4n) is 9.35. The van der Waals surface area contributed by atoms with Crippen LogP contribution >= 0.6 is 0 Å². The molecule has 260 valence electrons. The number of carbonyl (C=O) groups is 4. The lowest BCUT2D eigenvalue weighted by atomic mass is 9.59. The predicted molar refractivity (Wildman–Crippen MR) is 190 cm³/mol. The second kappa shape index (κ2) is 11.2. The lowest BCUT2D eigenvalue weighted by molar-refractivity contribution is -0.130. The molecule has 0 unspecified atom stereocenters. The first kappa shape index (κ1) is 31.1. The van der Waals surface area contributed by atoms with Gasteiger partial charge in [-0.1, -0.05) is 72.8 Å². The molecule has 0 N–H and O–H groups in total. The molecular formula is C43H29NO9. The molecule has 0 spiro atoms. The number of hydrogen-bond acceptors (Lipinski definition) is 9. The van der Waals surface area contributed by atoms with Crippen LogP contribution < -0.4 is 23.8 Å². The fourth-order valence-corrected chi connectivity index (χ4v) is 9.35. The van der Waals surface area contributed by atoms with Gasteiger partial charge in [-0.25, -0.2) is 9.69 Å². The number of nitrogens with zero attached hydrogens (tertiary/aromatic N) is 1. The molecule has 1 saturated heterocycles. The predicted octanol–water partition coefficient (Wildman–Crippen LogP) is 6.12. The Morgan fingerprint density at radius 3 is 1.51 bits per heavy atom. The van der Waals surface area contributed by atoms with E-state index in [0.29, 0.717) is 56.4 Å². The van der Waals surface area contributed by atoms with Crippen molar-refractivity contribution in [3.8, 4) is 23.0 Å². The minimum absolute atomic E-state index is 0.0466. The molecule has 2 fully saturated rings. The Bertz CT molecular complexity index is 2300. The molecule has 2 aliphatic carbocycles. The summed E-state index contributed by atoms with van der Waals surface area (Å²) < 4.78 is 28.0. The highest BCUT2D eigenvalue weighted by atomic mass is 16.7. The van der Waals surface area contributed by atoms with Gasteiger partial charge in [0.15, 0.2) is 28.8 Å². The Kier molecular flexibility index (Phi) is 6.54. The van der Waals surface area contributed by atoms with Crippen molar-refractivity contribution in [1.82, 2.24) is 0 Å². The van der Waals surface area contributed by atoms with Crippen molar-refractivity contribution in [3.05, 3.63) is 149 Å². The number of benzene rings is 5. The normalized spacial score (nSPS) is 24.6. The zero-order chi connectivity index (χ0) is 36.1. The van der Waals surface area contributed by atoms with Gasteiger partial charge in [0.1, 0.15) is 0 Å². The highest BCUT2D eigenvalue weighted by molar-refractivity contribution is 6.39. The molecule has 3 aliphatic heterocycles. The van der Waals surface area contributed by atoms with Crippen molar-refractivity contribution < 1.29 is 42.9 Å². The van der Waals surface area contributed by atoms with Crippen LogP contribution in [-0.4, -0.2) is 44.3 Å². The van der Waals surface area contributed by atoms with Gasteiger partial charge >= 0.3 is 5.97 Å². The molecule has 53 heavy (non-hydrogen) atoms. The van der Waals surface area contributed by atoms with E-state index < -0.39 is 40.4 Å². The van der Waals surface area contributed by atoms with Crippen LogP contribution in [0.4, 0.5) is 5.69 Å². The van der Waals surface area contributed by atoms with Crippen LogP contribution in [-0.2, 0) is 30.0 Å². The monoisotopic (exact) mass is 703 g/mol. The first-order chi connectivity index (χ1) is 25.9. The van der Waals surface area contributed by atoms with E-state index in [1.54, 1.807) is 24.3 Å². The van der Waals surface area contributed by atoms with Gasteiger partial charge in [0.2, 0.25) is 25.4 Å². The molecule has 5 aliphatic rings. The highest BCUT2D eigenvalue weighted by Crippen LogP contribution is 2.74. The van der Waals surface area contributed by atoms with Crippen LogP contribution in [0, 0.1) is 11.8 Å². The van der Waals surface area contributed by atoms with E-state index in [0.717, 1.165) is 0 Å². The maximum atomic E-state index is 16.2. The van der Waals surface area contributed by atoms with E-state index >= 15 is 14.4 Å². The van der Waals surface area contributed by atoms with Crippen molar-refractivity contribution in [2.45, 2.75) is 10.8 Å². The number of amides is 2. The van der Waals surface area contributed by atoms with Crippen molar-refractivity contribution in [1.29, 1.82) is 0 Å². The van der Waals surface area contributed by atoms with Crippen LogP contribution in [0.3, 0.4) is 0 Å². The molecule has 10 rings (SSSR count). The zero-order valence-corrected chi connectivity index (χ0v) is 28.2.